The molecule has 2 atom stereocenters. The van der Waals surface area contributed by atoms with Crippen LogP contribution in [-0.2, 0) is 4.74 Å². The Bertz CT molecular complexity index is 425. The highest BCUT2D eigenvalue weighted by molar-refractivity contribution is 6.33. The van der Waals surface area contributed by atoms with Crippen molar-refractivity contribution < 1.29 is 14.2 Å². The van der Waals surface area contributed by atoms with Crippen molar-refractivity contribution in [2.24, 2.45) is 5.73 Å². The Balaban J connectivity index is 2.38. The predicted octanol–water partition coefficient (Wildman–Crippen LogP) is 2.54. The van der Waals surface area contributed by atoms with Crippen LogP contribution in [0.15, 0.2) is 12.1 Å². The molecule has 5 heteroatoms. The summed E-state index contributed by atoms with van der Waals surface area (Å²) in [6.45, 7) is 0.711. The SMILES string of the molecule is COc1ccc(C2OCCCC2N)c(Cl)c1OC. The molecule has 0 aliphatic carbocycles. The Morgan fingerprint density at radius 3 is 2.72 bits per heavy atom. The van der Waals surface area contributed by atoms with Gasteiger partial charge in [-0.15, -0.1) is 0 Å². The first-order chi connectivity index (χ1) is 8.69. The van der Waals surface area contributed by atoms with Crippen LogP contribution in [0.3, 0.4) is 0 Å². The fourth-order valence-electron chi connectivity index (χ4n) is 2.25. The van der Waals surface area contributed by atoms with Gasteiger partial charge in [0.15, 0.2) is 11.5 Å². The molecule has 0 radical (unpaired) electrons. The van der Waals surface area contributed by atoms with E-state index in [4.69, 9.17) is 31.5 Å². The molecule has 0 saturated carbocycles. The number of rotatable bonds is 3. The van der Waals surface area contributed by atoms with Crippen LogP contribution in [0.25, 0.3) is 0 Å². The topological polar surface area (TPSA) is 53.7 Å². The van der Waals surface area contributed by atoms with E-state index in [9.17, 15) is 0 Å². The van der Waals surface area contributed by atoms with Crippen molar-refractivity contribution in [2.45, 2.75) is 25.0 Å². The maximum Gasteiger partial charge on any atom is 0.179 e. The van der Waals surface area contributed by atoms with E-state index >= 15 is 0 Å². The van der Waals surface area contributed by atoms with Crippen LogP contribution in [-0.4, -0.2) is 26.9 Å². The third kappa shape index (κ3) is 2.41. The molecule has 18 heavy (non-hydrogen) atoms. The second kappa shape index (κ2) is 5.78. The van der Waals surface area contributed by atoms with Crippen LogP contribution in [0.4, 0.5) is 0 Å². The summed E-state index contributed by atoms with van der Waals surface area (Å²) >= 11 is 6.35. The number of hydrogen-bond donors (Lipinski definition) is 1. The van der Waals surface area contributed by atoms with E-state index in [1.165, 1.54) is 0 Å². The molecule has 1 saturated heterocycles. The Labute approximate surface area is 112 Å². The van der Waals surface area contributed by atoms with Crippen molar-refractivity contribution in [1.29, 1.82) is 0 Å². The van der Waals surface area contributed by atoms with Gasteiger partial charge in [0.2, 0.25) is 0 Å². The summed E-state index contributed by atoms with van der Waals surface area (Å²) in [6.07, 6.45) is 1.75. The van der Waals surface area contributed by atoms with Crippen molar-refractivity contribution in [3.63, 3.8) is 0 Å². The van der Waals surface area contributed by atoms with Crippen molar-refractivity contribution in [2.75, 3.05) is 20.8 Å². The lowest BCUT2D eigenvalue weighted by Gasteiger charge is -2.30. The van der Waals surface area contributed by atoms with Crippen molar-refractivity contribution in [3.8, 4) is 11.5 Å². The van der Waals surface area contributed by atoms with Crippen LogP contribution in [0.5, 0.6) is 11.5 Å². The van der Waals surface area contributed by atoms with Crippen molar-refractivity contribution in [1.82, 2.24) is 0 Å². The molecular formula is C13H18ClNO3. The van der Waals surface area contributed by atoms with Gasteiger partial charge in [0, 0.05) is 18.2 Å². The van der Waals surface area contributed by atoms with Gasteiger partial charge in [-0.05, 0) is 18.9 Å². The third-order valence-corrected chi connectivity index (χ3v) is 3.58. The van der Waals surface area contributed by atoms with Crippen LogP contribution < -0.4 is 15.2 Å². The van der Waals surface area contributed by atoms with E-state index in [2.05, 4.69) is 0 Å². The van der Waals surface area contributed by atoms with Crippen LogP contribution in [0.2, 0.25) is 5.02 Å². The zero-order chi connectivity index (χ0) is 13.1. The molecule has 1 aromatic carbocycles. The molecule has 2 unspecified atom stereocenters. The fraction of sp³-hybridized carbons (Fsp3) is 0.538. The van der Waals surface area contributed by atoms with Gasteiger partial charge in [0.05, 0.1) is 25.3 Å². The quantitative estimate of drug-likeness (QED) is 0.918. The van der Waals surface area contributed by atoms with E-state index in [0.29, 0.717) is 23.1 Å². The summed E-state index contributed by atoms with van der Waals surface area (Å²) in [5.74, 6) is 1.13. The summed E-state index contributed by atoms with van der Waals surface area (Å²) in [7, 11) is 3.14. The number of nitrogens with two attached hydrogens (primary N) is 1. The summed E-state index contributed by atoms with van der Waals surface area (Å²) < 4.78 is 16.2. The minimum atomic E-state index is -0.175. The summed E-state index contributed by atoms with van der Waals surface area (Å²) in [6, 6.07) is 3.68. The second-order valence-electron chi connectivity index (χ2n) is 4.30. The van der Waals surface area contributed by atoms with Gasteiger partial charge < -0.3 is 19.9 Å². The van der Waals surface area contributed by atoms with Crippen LogP contribution >= 0.6 is 11.6 Å². The lowest BCUT2D eigenvalue weighted by molar-refractivity contribution is 0.0000794. The highest BCUT2D eigenvalue weighted by atomic mass is 35.5. The largest absolute Gasteiger partial charge is 0.493 e. The monoisotopic (exact) mass is 271 g/mol. The molecule has 2 N–H and O–H groups in total. The first-order valence-corrected chi connectivity index (χ1v) is 6.34. The van der Waals surface area contributed by atoms with Gasteiger partial charge in [-0.3, -0.25) is 0 Å². The average Bonchev–Trinajstić information content (AvgIpc) is 2.39. The van der Waals surface area contributed by atoms with Gasteiger partial charge in [-0.2, -0.15) is 0 Å². The van der Waals surface area contributed by atoms with Gasteiger partial charge >= 0.3 is 0 Å². The second-order valence-corrected chi connectivity index (χ2v) is 4.68. The molecule has 1 aromatic rings. The molecule has 4 nitrogen and oxygen atoms in total. The minimum Gasteiger partial charge on any atom is -0.493 e. The molecule has 2 rings (SSSR count). The predicted molar refractivity (Wildman–Crippen MR) is 70.5 cm³/mol. The molecule has 100 valence electrons. The van der Waals surface area contributed by atoms with Gasteiger partial charge in [0.25, 0.3) is 0 Å². The Hall–Kier alpha value is -0.970. The third-order valence-electron chi connectivity index (χ3n) is 3.19. The Kier molecular flexibility index (Phi) is 4.32. The lowest BCUT2D eigenvalue weighted by atomic mass is 9.96. The Morgan fingerprint density at radius 1 is 1.33 bits per heavy atom. The molecule has 0 aromatic heterocycles. The molecule has 1 fully saturated rings. The first kappa shape index (κ1) is 13.5. The number of ether oxygens (including phenoxy) is 3. The summed E-state index contributed by atoms with van der Waals surface area (Å²) in [5, 5.41) is 0.513. The molecule has 1 heterocycles. The number of methoxy groups -OCH3 is 2. The molecule has 0 spiro atoms. The maximum atomic E-state index is 6.35. The zero-order valence-corrected chi connectivity index (χ0v) is 11.4. The van der Waals surface area contributed by atoms with E-state index < -0.39 is 0 Å². The molecular weight excluding hydrogens is 254 g/mol. The van der Waals surface area contributed by atoms with Crippen LogP contribution in [0, 0.1) is 0 Å². The zero-order valence-electron chi connectivity index (χ0n) is 10.6. The van der Waals surface area contributed by atoms with Gasteiger partial charge in [0.1, 0.15) is 0 Å². The number of halogens is 1. The minimum absolute atomic E-state index is 0.0330. The lowest BCUT2D eigenvalue weighted by Crippen LogP contribution is -2.34. The van der Waals surface area contributed by atoms with Crippen molar-refractivity contribution >= 4 is 11.6 Å². The average molecular weight is 272 g/mol. The first-order valence-electron chi connectivity index (χ1n) is 5.96. The van der Waals surface area contributed by atoms with Gasteiger partial charge in [-0.25, -0.2) is 0 Å². The number of hydrogen-bond acceptors (Lipinski definition) is 4. The van der Waals surface area contributed by atoms with E-state index in [-0.39, 0.29) is 12.1 Å². The summed E-state index contributed by atoms with van der Waals surface area (Å²) in [5.41, 5.74) is 6.95. The fourth-order valence-corrected chi connectivity index (χ4v) is 2.59. The van der Waals surface area contributed by atoms with Crippen molar-refractivity contribution in [3.05, 3.63) is 22.7 Å². The standard InChI is InChI=1S/C13H18ClNO3/c1-16-10-6-5-8(11(14)13(10)17-2)12-9(15)4-3-7-18-12/h5-6,9,12H,3-4,7,15H2,1-2H3. The van der Waals surface area contributed by atoms with Crippen LogP contribution in [0.1, 0.15) is 24.5 Å². The molecule has 0 bridgehead atoms. The summed E-state index contributed by atoms with van der Waals surface area (Å²) in [4.78, 5) is 0. The maximum absolute atomic E-state index is 6.35. The smallest absolute Gasteiger partial charge is 0.179 e. The highest BCUT2D eigenvalue weighted by Gasteiger charge is 2.28. The number of benzene rings is 1. The molecule has 1 aliphatic rings. The van der Waals surface area contributed by atoms with E-state index in [1.807, 2.05) is 12.1 Å². The molecule has 0 amide bonds. The van der Waals surface area contributed by atoms with Gasteiger partial charge in [-0.1, -0.05) is 17.7 Å². The normalized spacial score (nSPS) is 23.8. The molecule has 1 aliphatic heterocycles. The highest BCUT2D eigenvalue weighted by Crippen LogP contribution is 2.42. The van der Waals surface area contributed by atoms with E-state index in [0.717, 1.165) is 18.4 Å². The van der Waals surface area contributed by atoms with E-state index in [1.54, 1.807) is 14.2 Å². The Morgan fingerprint density at radius 2 is 2.11 bits per heavy atom.